The average molecular weight is 453 g/mol. The Kier molecular flexibility index (Phi) is 6.10. The zero-order valence-electron chi connectivity index (χ0n) is 19.7. The Bertz CT molecular complexity index is 1420. The molecule has 7 nitrogen and oxygen atoms in total. The Hall–Kier alpha value is -3.97. The molecule has 7 heteroatoms. The molecule has 5 aromatic rings. The molecule has 0 aliphatic heterocycles. The van der Waals surface area contributed by atoms with Crippen molar-refractivity contribution in [1.82, 2.24) is 24.8 Å². The molecule has 0 bridgehead atoms. The third-order valence-electron chi connectivity index (χ3n) is 5.88. The van der Waals surface area contributed by atoms with E-state index in [0.717, 1.165) is 63.0 Å². The lowest BCUT2D eigenvalue weighted by Gasteiger charge is -2.15. The third kappa shape index (κ3) is 4.56. The first-order chi connectivity index (χ1) is 16.6. The SMILES string of the molecule is CCc1cnc2ccc(-c3ccc4nc[nH]c4c3)cc2c1Nc1ccc(OCCN(C)C)nc1. The number of nitrogens with zero attached hydrogens (tertiary/aromatic N) is 4. The Morgan fingerprint density at radius 1 is 0.912 bits per heavy atom. The molecule has 0 saturated carbocycles. The smallest absolute Gasteiger partial charge is 0.213 e. The van der Waals surface area contributed by atoms with Crippen LogP contribution in [0.15, 0.2) is 67.3 Å². The van der Waals surface area contributed by atoms with Crippen molar-refractivity contribution in [2.45, 2.75) is 13.3 Å². The van der Waals surface area contributed by atoms with Gasteiger partial charge in [-0.2, -0.15) is 0 Å². The molecule has 3 heterocycles. The summed E-state index contributed by atoms with van der Waals surface area (Å²) in [6, 6.07) is 16.6. The van der Waals surface area contributed by atoms with Gasteiger partial charge in [-0.3, -0.25) is 4.98 Å². The molecule has 0 unspecified atom stereocenters. The van der Waals surface area contributed by atoms with Crippen molar-refractivity contribution in [2.24, 2.45) is 0 Å². The first-order valence-corrected chi connectivity index (χ1v) is 11.5. The Morgan fingerprint density at radius 2 is 1.74 bits per heavy atom. The summed E-state index contributed by atoms with van der Waals surface area (Å²) >= 11 is 0. The highest BCUT2D eigenvalue weighted by atomic mass is 16.5. The van der Waals surface area contributed by atoms with E-state index in [0.29, 0.717) is 12.5 Å². The Morgan fingerprint density at radius 3 is 2.50 bits per heavy atom. The number of anilines is 2. The molecule has 0 spiro atoms. The molecule has 5 rings (SSSR count). The predicted octanol–water partition coefficient (Wildman–Crippen LogP) is 5.42. The van der Waals surface area contributed by atoms with Crippen LogP contribution in [0.4, 0.5) is 11.4 Å². The molecule has 172 valence electrons. The number of H-pyrrole nitrogens is 1. The molecule has 0 atom stereocenters. The second-order valence-corrected chi connectivity index (χ2v) is 8.54. The maximum Gasteiger partial charge on any atom is 0.213 e. The summed E-state index contributed by atoms with van der Waals surface area (Å²) in [6.07, 6.45) is 6.36. The highest BCUT2D eigenvalue weighted by molar-refractivity contribution is 5.97. The highest BCUT2D eigenvalue weighted by Gasteiger charge is 2.11. The van der Waals surface area contributed by atoms with Crippen LogP contribution in [0, 0.1) is 0 Å². The van der Waals surface area contributed by atoms with Gasteiger partial charge in [0.1, 0.15) is 6.61 Å². The van der Waals surface area contributed by atoms with E-state index in [2.05, 4.69) is 62.4 Å². The second-order valence-electron chi connectivity index (χ2n) is 8.54. The standard InChI is InChI=1S/C27H28N6O/c1-4-18-15-28-23-8-5-19(20-6-9-24-25(14-20)31-17-30-24)13-22(23)27(18)32-21-7-10-26(29-16-21)34-12-11-33(2)3/h5-10,13-17H,4,11-12H2,1-3H3,(H,28,32)(H,30,31). The monoisotopic (exact) mass is 452 g/mol. The zero-order chi connectivity index (χ0) is 23.5. The molecular formula is C27H28N6O. The van der Waals surface area contributed by atoms with Gasteiger partial charge < -0.3 is 19.9 Å². The molecule has 0 aliphatic carbocycles. The van der Waals surface area contributed by atoms with Gasteiger partial charge in [-0.25, -0.2) is 9.97 Å². The minimum absolute atomic E-state index is 0.606. The van der Waals surface area contributed by atoms with E-state index in [4.69, 9.17) is 9.72 Å². The van der Waals surface area contributed by atoms with Crippen LogP contribution in [-0.4, -0.2) is 52.1 Å². The van der Waals surface area contributed by atoms with Crippen molar-refractivity contribution < 1.29 is 4.74 Å². The van der Waals surface area contributed by atoms with Gasteiger partial charge in [0.15, 0.2) is 0 Å². The van der Waals surface area contributed by atoms with Gasteiger partial charge in [-0.15, -0.1) is 0 Å². The van der Waals surface area contributed by atoms with Gasteiger partial charge >= 0.3 is 0 Å². The van der Waals surface area contributed by atoms with Crippen LogP contribution in [0.3, 0.4) is 0 Å². The first kappa shape index (κ1) is 21.9. The number of nitrogens with one attached hydrogen (secondary N) is 2. The number of imidazole rings is 1. The number of hydrogen-bond acceptors (Lipinski definition) is 6. The van der Waals surface area contributed by atoms with Crippen LogP contribution >= 0.6 is 0 Å². The van der Waals surface area contributed by atoms with E-state index < -0.39 is 0 Å². The fraction of sp³-hybridized carbons (Fsp3) is 0.222. The number of benzene rings is 2. The van der Waals surface area contributed by atoms with Crippen molar-refractivity contribution in [3.8, 4) is 17.0 Å². The topological polar surface area (TPSA) is 79.0 Å². The number of ether oxygens (including phenoxy) is 1. The second kappa shape index (κ2) is 9.49. The average Bonchev–Trinajstić information content (AvgIpc) is 3.33. The summed E-state index contributed by atoms with van der Waals surface area (Å²) in [4.78, 5) is 18.8. The molecule has 34 heavy (non-hydrogen) atoms. The summed E-state index contributed by atoms with van der Waals surface area (Å²) in [7, 11) is 4.05. The lowest BCUT2D eigenvalue weighted by molar-refractivity contribution is 0.254. The van der Waals surface area contributed by atoms with Crippen molar-refractivity contribution in [3.05, 3.63) is 72.8 Å². The number of hydrogen-bond donors (Lipinski definition) is 2. The van der Waals surface area contributed by atoms with E-state index in [1.54, 1.807) is 6.33 Å². The van der Waals surface area contributed by atoms with Crippen molar-refractivity contribution in [2.75, 3.05) is 32.6 Å². The summed E-state index contributed by atoms with van der Waals surface area (Å²) in [6.45, 7) is 3.60. The van der Waals surface area contributed by atoms with Gasteiger partial charge in [0.2, 0.25) is 5.88 Å². The van der Waals surface area contributed by atoms with E-state index in [1.807, 2.05) is 44.7 Å². The van der Waals surface area contributed by atoms with Crippen molar-refractivity contribution in [1.29, 1.82) is 0 Å². The van der Waals surface area contributed by atoms with Crippen LogP contribution in [0.5, 0.6) is 5.88 Å². The zero-order valence-corrected chi connectivity index (χ0v) is 19.7. The van der Waals surface area contributed by atoms with Gasteiger partial charge in [0.05, 0.1) is 40.4 Å². The van der Waals surface area contributed by atoms with Crippen LogP contribution in [-0.2, 0) is 6.42 Å². The summed E-state index contributed by atoms with van der Waals surface area (Å²) in [5.74, 6) is 0.624. The van der Waals surface area contributed by atoms with Gasteiger partial charge in [-0.1, -0.05) is 19.1 Å². The Labute approximate surface area is 198 Å². The fourth-order valence-electron chi connectivity index (χ4n) is 3.96. The maximum absolute atomic E-state index is 5.73. The molecule has 0 radical (unpaired) electrons. The molecular weight excluding hydrogens is 424 g/mol. The third-order valence-corrected chi connectivity index (χ3v) is 5.88. The van der Waals surface area contributed by atoms with Gasteiger partial charge in [0, 0.05) is 24.2 Å². The van der Waals surface area contributed by atoms with Crippen LogP contribution in [0.25, 0.3) is 33.1 Å². The molecule has 0 amide bonds. The normalized spacial score (nSPS) is 11.4. The summed E-state index contributed by atoms with van der Waals surface area (Å²) in [5.41, 5.74) is 8.31. The minimum Gasteiger partial charge on any atom is -0.476 e. The molecule has 3 aromatic heterocycles. The van der Waals surface area contributed by atoms with Crippen LogP contribution < -0.4 is 10.1 Å². The lowest BCUT2D eigenvalue weighted by Crippen LogP contribution is -2.19. The maximum atomic E-state index is 5.73. The lowest BCUT2D eigenvalue weighted by atomic mass is 10.00. The molecule has 0 saturated heterocycles. The van der Waals surface area contributed by atoms with E-state index in [1.165, 1.54) is 0 Å². The van der Waals surface area contributed by atoms with E-state index in [-0.39, 0.29) is 0 Å². The quantitative estimate of drug-likeness (QED) is 0.327. The number of aromatic amines is 1. The number of fused-ring (bicyclic) bond motifs is 2. The van der Waals surface area contributed by atoms with E-state index >= 15 is 0 Å². The molecule has 0 aliphatic rings. The van der Waals surface area contributed by atoms with Gasteiger partial charge in [0.25, 0.3) is 0 Å². The van der Waals surface area contributed by atoms with Crippen LogP contribution in [0.2, 0.25) is 0 Å². The number of rotatable bonds is 8. The van der Waals surface area contributed by atoms with Crippen molar-refractivity contribution in [3.63, 3.8) is 0 Å². The first-order valence-electron chi connectivity index (χ1n) is 11.5. The molecule has 2 aromatic carbocycles. The number of likely N-dealkylation sites (N-methyl/N-ethyl adjacent to an activating group) is 1. The molecule has 0 fully saturated rings. The largest absolute Gasteiger partial charge is 0.476 e. The van der Waals surface area contributed by atoms with Crippen molar-refractivity contribution >= 4 is 33.3 Å². The van der Waals surface area contributed by atoms with Gasteiger partial charge in [-0.05, 0) is 67.5 Å². The number of pyridine rings is 2. The minimum atomic E-state index is 0.606. The summed E-state index contributed by atoms with van der Waals surface area (Å²) in [5, 5.41) is 4.67. The highest BCUT2D eigenvalue weighted by Crippen LogP contribution is 2.33. The Balaban J connectivity index is 1.47. The summed E-state index contributed by atoms with van der Waals surface area (Å²) < 4.78 is 5.73. The predicted molar refractivity (Wildman–Crippen MR) is 138 cm³/mol. The van der Waals surface area contributed by atoms with E-state index in [9.17, 15) is 0 Å². The number of aryl methyl sites for hydroxylation is 1. The molecule has 2 N–H and O–H groups in total. The fourth-order valence-corrected chi connectivity index (χ4v) is 3.96. The number of aromatic nitrogens is 4. The van der Waals surface area contributed by atoms with Crippen LogP contribution in [0.1, 0.15) is 12.5 Å².